The highest BCUT2D eigenvalue weighted by atomic mass is 16.3. The second-order valence-corrected chi connectivity index (χ2v) is 5.18. The number of carbonyl (C=O) groups is 2. The Morgan fingerprint density at radius 3 is 3.10 bits per heavy atom. The van der Waals surface area contributed by atoms with E-state index < -0.39 is 6.10 Å². The van der Waals surface area contributed by atoms with E-state index in [2.05, 4.69) is 5.32 Å². The molecule has 0 bridgehead atoms. The van der Waals surface area contributed by atoms with Gasteiger partial charge in [-0.3, -0.25) is 9.59 Å². The molecule has 6 heteroatoms. The van der Waals surface area contributed by atoms with Crippen LogP contribution in [0.5, 0.6) is 0 Å². The highest BCUT2D eigenvalue weighted by Crippen LogP contribution is 2.20. The summed E-state index contributed by atoms with van der Waals surface area (Å²) < 4.78 is 5.21. The zero-order valence-corrected chi connectivity index (χ0v) is 11.5. The van der Waals surface area contributed by atoms with Crippen LogP contribution in [0.1, 0.15) is 25.5 Å². The molecule has 1 aromatic rings. The fraction of sp³-hybridized carbons (Fsp3) is 0.571. The van der Waals surface area contributed by atoms with Crippen molar-refractivity contribution in [1.82, 2.24) is 10.2 Å². The van der Waals surface area contributed by atoms with E-state index in [1.165, 1.54) is 0 Å². The van der Waals surface area contributed by atoms with Crippen molar-refractivity contribution in [3.63, 3.8) is 0 Å². The van der Waals surface area contributed by atoms with Crippen LogP contribution >= 0.6 is 0 Å². The smallest absolute Gasteiger partial charge is 0.225 e. The first-order valence-electron chi connectivity index (χ1n) is 6.82. The highest BCUT2D eigenvalue weighted by molar-refractivity contribution is 5.89. The third-order valence-electron chi connectivity index (χ3n) is 3.37. The van der Waals surface area contributed by atoms with Crippen molar-refractivity contribution < 1.29 is 19.1 Å². The fourth-order valence-corrected chi connectivity index (χ4v) is 2.24. The molecule has 1 aliphatic heterocycles. The Labute approximate surface area is 117 Å². The number of hydrogen-bond donors (Lipinski definition) is 2. The lowest BCUT2D eigenvalue weighted by Gasteiger charge is -2.15. The molecule has 1 fully saturated rings. The van der Waals surface area contributed by atoms with E-state index in [1.807, 2.05) is 6.07 Å². The maximum atomic E-state index is 11.9. The summed E-state index contributed by atoms with van der Waals surface area (Å²) in [6.45, 7) is 2.93. The molecule has 0 saturated carbocycles. The van der Waals surface area contributed by atoms with E-state index >= 15 is 0 Å². The zero-order chi connectivity index (χ0) is 14.5. The number of rotatable bonds is 6. The molecule has 1 aromatic heterocycles. The van der Waals surface area contributed by atoms with Crippen LogP contribution in [0.4, 0.5) is 0 Å². The van der Waals surface area contributed by atoms with Gasteiger partial charge in [-0.2, -0.15) is 0 Å². The van der Waals surface area contributed by atoms with Crippen LogP contribution in [0.2, 0.25) is 0 Å². The lowest BCUT2D eigenvalue weighted by molar-refractivity contribution is -0.129. The number of nitrogens with one attached hydrogen (secondary N) is 1. The Morgan fingerprint density at radius 2 is 2.45 bits per heavy atom. The minimum atomic E-state index is -0.434. The molecule has 1 saturated heterocycles. The number of amides is 2. The molecule has 2 N–H and O–H groups in total. The van der Waals surface area contributed by atoms with Crippen LogP contribution < -0.4 is 5.32 Å². The molecule has 2 unspecified atom stereocenters. The van der Waals surface area contributed by atoms with Crippen molar-refractivity contribution >= 4 is 11.8 Å². The van der Waals surface area contributed by atoms with Gasteiger partial charge in [0.05, 0.1) is 24.8 Å². The van der Waals surface area contributed by atoms with Gasteiger partial charge in [0.15, 0.2) is 0 Å². The van der Waals surface area contributed by atoms with E-state index in [4.69, 9.17) is 9.52 Å². The Kier molecular flexibility index (Phi) is 4.79. The maximum Gasteiger partial charge on any atom is 0.225 e. The van der Waals surface area contributed by atoms with Gasteiger partial charge in [-0.25, -0.2) is 0 Å². The molecular weight excluding hydrogens is 260 g/mol. The highest BCUT2D eigenvalue weighted by Gasteiger charge is 2.34. The van der Waals surface area contributed by atoms with Crippen molar-refractivity contribution in [2.75, 3.05) is 13.1 Å². The van der Waals surface area contributed by atoms with Gasteiger partial charge in [0.25, 0.3) is 0 Å². The molecule has 2 atom stereocenters. The van der Waals surface area contributed by atoms with Gasteiger partial charge in [-0.15, -0.1) is 0 Å². The van der Waals surface area contributed by atoms with Crippen LogP contribution in [0.3, 0.4) is 0 Å². The molecule has 0 aromatic carbocycles. The SMILES string of the molecule is CC(O)CCNC(=O)C1CC(=O)N(Cc2ccco2)C1. The average Bonchev–Trinajstić information content (AvgIpc) is 3.00. The largest absolute Gasteiger partial charge is 0.467 e. The minimum absolute atomic E-state index is 0.0305. The molecule has 110 valence electrons. The fourth-order valence-electron chi connectivity index (χ4n) is 2.24. The molecule has 6 nitrogen and oxygen atoms in total. The van der Waals surface area contributed by atoms with Gasteiger partial charge >= 0.3 is 0 Å². The van der Waals surface area contributed by atoms with Gasteiger partial charge < -0.3 is 19.7 Å². The van der Waals surface area contributed by atoms with E-state index in [0.717, 1.165) is 0 Å². The molecule has 0 aliphatic carbocycles. The number of furan rings is 1. The topological polar surface area (TPSA) is 82.8 Å². The first kappa shape index (κ1) is 14.6. The monoisotopic (exact) mass is 280 g/mol. The van der Waals surface area contributed by atoms with Gasteiger partial charge in [0.1, 0.15) is 5.76 Å². The van der Waals surface area contributed by atoms with Crippen molar-refractivity contribution in [2.45, 2.75) is 32.4 Å². The van der Waals surface area contributed by atoms with Crippen molar-refractivity contribution in [2.24, 2.45) is 5.92 Å². The first-order valence-corrected chi connectivity index (χ1v) is 6.82. The van der Waals surface area contributed by atoms with Crippen molar-refractivity contribution in [1.29, 1.82) is 0 Å². The van der Waals surface area contributed by atoms with Crippen LogP contribution in [0.15, 0.2) is 22.8 Å². The normalized spacial score (nSPS) is 20.2. The Bertz CT molecular complexity index is 456. The van der Waals surface area contributed by atoms with Crippen LogP contribution in [-0.2, 0) is 16.1 Å². The predicted molar refractivity (Wildman–Crippen MR) is 71.5 cm³/mol. The van der Waals surface area contributed by atoms with E-state index in [9.17, 15) is 9.59 Å². The first-order chi connectivity index (χ1) is 9.56. The number of nitrogens with zero attached hydrogens (tertiary/aromatic N) is 1. The molecule has 0 spiro atoms. The third kappa shape index (κ3) is 3.84. The van der Waals surface area contributed by atoms with Gasteiger partial charge in [0, 0.05) is 19.5 Å². The van der Waals surface area contributed by atoms with E-state index in [-0.39, 0.29) is 24.2 Å². The predicted octanol–water partition coefficient (Wildman–Crippen LogP) is 0.515. The molecular formula is C14H20N2O4. The zero-order valence-electron chi connectivity index (χ0n) is 11.5. The van der Waals surface area contributed by atoms with E-state index in [0.29, 0.717) is 31.8 Å². The van der Waals surface area contributed by atoms with Gasteiger partial charge in [-0.1, -0.05) is 0 Å². The summed E-state index contributed by atoms with van der Waals surface area (Å²) in [4.78, 5) is 25.4. The molecule has 2 rings (SSSR count). The summed E-state index contributed by atoms with van der Waals surface area (Å²) in [5.41, 5.74) is 0. The van der Waals surface area contributed by atoms with Crippen LogP contribution in [0.25, 0.3) is 0 Å². The molecule has 0 radical (unpaired) electrons. The third-order valence-corrected chi connectivity index (χ3v) is 3.37. The molecule has 2 heterocycles. The van der Waals surface area contributed by atoms with Crippen LogP contribution in [-0.4, -0.2) is 41.0 Å². The number of likely N-dealkylation sites (tertiary alicyclic amines) is 1. The Morgan fingerprint density at radius 1 is 1.65 bits per heavy atom. The summed E-state index contributed by atoms with van der Waals surface area (Å²) in [6.07, 6.45) is 1.89. The standard InChI is InChI=1S/C14H20N2O4/c1-10(17)4-5-15-14(19)11-7-13(18)16(8-11)9-12-3-2-6-20-12/h2-3,6,10-11,17H,4-5,7-9H2,1H3,(H,15,19). The lowest BCUT2D eigenvalue weighted by Crippen LogP contribution is -2.34. The Hall–Kier alpha value is -1.82. The van der Waals surface area contributed by atoms with Gasteiger partial charge in [0.2, 0.25) is 11.8 Å². The summed E-state index contributed by atoms with van der Waals surface area (Å²) in [5.74, 6) is 0.248. The maximum absolute atomic E-state index is 11.9. The molecule has 20 heavy (non-hydrogen) atoms. The van der Waals surface area contributed by atoms with Crippen molar-refractivity contribution in [3.8, 4) is 0 Å². The lowest BCUT2D eigenvalue weighted by atomic mass is 10.1. The quantitative estimate of drug-likeness (QED) is 0.795. The molecule has 2 amide bonds. The number of aliphatic hydroxyl groups excluding tert-OH is 1. The van der Waals surface area contributed by atoms with Crippen molar-refractivity contribution in [3.05, 3.63) is 24.2 Å². The number of aliphatic hydroxyl groups is 1. The average molecular weight is 280 g/mol. The Balaban J connectivity index is 1.80. The second-order valence-electron chi connectivity index (χ2n) is 5.18. The molecule has 1 aliphatic rings. The second kappa shape index (κ2) is 6.56. The summed E-state index contributed by atoms with van der Waals surface area (Å²) in [6, 6.07) is 3.58. The number of hydrogen-bond acceptors (Lipinski definition) is 4. The number of carbonyl (C=O) groups excluding carboxylic acids is 2. The summed E-state index contributed by atoms with van der Waals surface area (Å²) in [5, 5.41) is 11.9. The summed E-state index contributed by atoms with van der Waals surface area (Å²) in [7, 11) is 0. The van der Waals surface area contributed by atoms with Crippen LogP contribution in [0, 0.1) is 5.92 Å². The minimum Gasteiger partial charge on any atom is -0.467 e. The van der Waals surface area contributed by atoms with E-state index in [1.54, 1.807) is 24.2 Å². The van der Waals surface area contributed by atoms with Gasteiger partial charge in [-0.05, 0) is 25.5 Å². The summed E-state index contributed by atoms with van der Waals surface area (Å²) >= 11 is 0.